The fraction of sp³-hybridized carbons (Fsp3) is 0.692. The topological polar surface area (TPSA) is 53.3 Å². The maximum atomic E-state index is 12.5. The number of alkyl halides is 3. The van der Waals surface area contributed by atoms with Crippen molar-refractivity contribution in [3.05, 3.63) is 11.6 Å². The molecular formula is C13H15F3N2O2. The number of hydrogen-bond acceptors (Lipinski definition) is 3. The average molecular weight is 288 g/mol. The van der Waals surface area contributed by atoms with E-state index in [9.17, 15) is 23.2 Å². The number of carbonyl (C=O) groups excluding carboxylic acids is 1. The van der Waals surface area contributed by atoms with Crippen molar-refractivity contribution in [3.8, 4) is 6.07 Å². The first-order valence-corrected chi connectivity index (χ1v) is 6.44. The highest BCUT2D eigenvalue weighted by Crippen LogP contribution is 2.35. The summed E-state index contributed by atoms with van der Waals surface area (Å²) in [7, 11) is 0. The Morgan fingerprint density at radius 2 is 2.05 bits per heavy atom. The summed E-state index contributed by atoms with van der Waals surface area (Å²) in [5.41, 5.74) is -1.73. The summed E-state index contributed by atoms with van der Waals surface area (Å²) in [6, 6.07) is 2.04. The zero-order chi connectivity index (χ0) is 14.8. The van der Waals surface area contributed by atoms with E-state index in [1.54, 1.807) is 0 Å². The van der Waals surface area contributed by atoms with E-state index < -0.39 is 17.2 Å². The highest BCUT2D eigenvalue weighted by atomic mass is 19.4. The number of amides is 1. The molecular weight excluding hydrogens is 273 g/mol. The molecule has 2 rings (SSSR count). The molecule has 0 aromatic heterocycles. The first-order chi connectivity index (χ1) is 9.39. The molecule has 0 atom stereocenters. The Morgan fingerprint density at radius 1 is 1.40 bits per heavy atom. The zero-order valence-corrected chi connectivity index (χ0v) is 10.9. The van der Waals surface area contributed by atoms with Crippen molar-refractivity contribution < 1.29 is 22.7 Å². The van der Waals surface area contributed by atoms with E-state index in [2.05, 4.69) is 0 Å². The minimum atomic E-state index is -4.33. The Hall–Kier alpha value is -1.55. The Kier molecular flexibility index (Phi) is 4.04. The molecule has 0 aromatic carbocycles. The third kappa shape index (κ3) is 2.80. The van der Waals surface area contributed by atoms with Crippen LogP contribution in [0.2, 0.25) is 0 Å². The number of rotatable bonds is 1. The van der Waals surface area contributed by atoms with Gasteiger partial charge in [0.2, 0.25) is 5.91 Å². The van der Waals surface area contributed by atoms with Crippen molar-refractivity contribution in [2.45, 2.75) is 25.4 Å². The molecule has 1 amide bonds. The summed E-state index contributed by atoms with van der Waals surface area (Å²) >= 11 is 0. The van der Waals surface area contributed by atoms with E-state index in [1.165, 1.54) is 4.90 Å². The number of carbonyl (C=O) groups is 1. The summed E-state index contributed by atoms with van der Waals surface area (Å²) in [5, 5.41) is 9.28. The van der Waals surface area contributed by atoms with Gasteiger partial charge in [0, 0.05) is 31.9 Å². The first kappa shape index (κ1) is 14.9. The van der Waals surface area contributed by atoms with Crippen molar-refractivity contribution in [2.24, 2.45) is 5.41 Å². The molecule has 0 aromatic rings. The van der Waals surface area contributed by atoms with Crippen LogP contribution in [0.3, 0.4) is 0 Å². The van der Waals surface area contributed by atoms with Gasteiger partial charge in [0.15, 0.2) is 0 Å². The van der Waals surface area contributed by atoms with Gasteiger partial charge in [-0.3, -0.25) is 4.79 Å². The largest absolute Gasteiger partial charge is 0.412 e. The molecule has 2 heterocycles. The van der Waals surface area contributed by atoms with Crippen molar-refractivity contribution in [1.29, 1.82) is 5.26 Å². The second kappa shape index (κ2) is 5.44. The van der Waals surface area contributed by atoms with Crippen LogP contribution in [-0.2, 0) is 9.53 Å². The summed E-state index contributed by atoms with van der Waals surface area (Å²) < 4.78 is 42.7. The van der Waals surface area contributed by atoms with Gasteiger partial charge in [-0.1, -0.05) is 6.08 Å². The van der Waals surface area contributed by atoms with Crippen LogP contribution in [0.1, 0.15) is 19.3 Å². The number of halogens is 3. The molecule has 0 saturated carbocycles. The Bertz CT molecular complexity index is 459. The number of hydrogen-bond donors (Lipinski definition) is 0. The van der Waals surface area contributed by atoms with Gasteiger partial charge in [0.25, 0.3) is 0 Å². The predicted octanol–water partition coefficient (Wildman–Crippen LogP) is 2.03. The first-order valence-electron chi connectivity index (χ1n) is 6.44. The van der Waals surface area contributed by atoms with E-state index in [0.717, 1.165) is 6.08 Å². The molecule has 0 bridgehead atoms. The summed E-state index contributed by atoms with van der Waals surface area (Å²) in [6.45, 7) is 0.583. The average Bonchev–Trinajstić information content (AvgIpc) is 2.46. The minimum absolute atomic E-state index is 0.00840. The molecule has 1 saturated heterocycles. The van der Waals surface area contributed by atoms with Gasteiger partial charge in [-0.05, 0) is 19.3 Å². The highest BCUT2D eigenvalue weighted by molar-refractivity contribution is 5.86. The molecule has 7 heteroatoms. The van der Waals surface area contributed by atoms with Crippen LogP contribution in [-0.4, -0.2) is 43.3 Å². The van der Waals surface area contributed by atoms with Gasteiger partial charge < -0.3 is 9.64 Å². The maximum absolute atomic E-state index is 12.5. The van der Waals surface area contributed by atoms with Gasteiger partial charge >= 0.3 is 6.18 Å². The van der Waals surface area contributed by atoms with Crippen LogP contribution in [0.25, 0.3) is 0 Å². The molecule has 0 radical (unpaired) electrons. The number of nitrogens with zero attached hydrogens (tertiary/aromatic N) is 2. The van der Waals surface area contributed by atoms with Crippen LogP contribution < -0.4 is 0 Å². The van der Waals surface area contributed by atoms with Crippen LogP contribution in [0.5, 0.6) is 0 Å². The number of nitriles is 1. The van der Waals surface area contributed by atoms with Crippen LogP contribution >= 0.6 is 0 Å². The predicted molar refractivity (Wildman–Crippen MR) is 63.4 cm³/mol. The molecule has 2 aliphatic heterocycles. The molecule has 0 aliphatic carbocycles. The van der Waals surface area contributed by atoms with Gasteiger partial charge in [-0.2, -0.15) is 18.4 Å². The fourth-order valence-corrected chi connectivity index (χ4v) is 2.51. The second-order valence-electron chi connectivity index (χ2n) is 5.03. The molecule has 20 heavy (non-hydrogen) atoms. The smallest absolute Gasteiger partial charge is 0.381 e. The SMILES string of the molecule is N#CC1(C(=O)N2CC=C(C(F)(F)F)CC2)CCOCC1. The molecule has 0 N–H and O–H groups in total. The second-order valence-corrected chi connectivity index (χ2v) is 5.03. The summed E-state index contributed by atoms with van der Waals surface area (Å²) in [4.78, 5) is 13.7. The summed E-state index contributed by atoms with van der Waals surface area (Å²) in [5.74, 6) is -0.374. The third-order valence-corrected chi connectivity index (χ3v) is 3.83. The van der Waals surface area contributed by atoms with Crippen LogP contribution in [0.15, 0.2) is 11.6 Å². The minimum Gasteiger partial charge on any atom is -0.381 e. The zero-order valence-electron chi connectivity index (χ0n) is 10.9. The molecule has 2 aliphatic rings. The lowest BCUT2D eigenvalue weighted by atomic mass is 9.80. The molecule has 1 fully saturated rings. The molecule has 0 spiro atoms. The molecule has 0 unspecified atom stereocenters. The van der Waals surface area contributed by atoms with Gasteiger partial charge in [-0.15, -0.1) is 0 Å². The number of ether oxygens (including phenoxy) is 1. The fourth-order valence-electron chi connectivity index (χ4n) is 2.51. The van der Waals surface area contributed by atoms with Crippen LogP contribution in [0.4, 0.5) is 13.2 Å². The summed E-state index contributed by atoms with van der Waals surface area (Å²) in [6.07, 6.45) is -2.91. The van der Waals surface area contributed by atoms with E-state index in [4.69, 9.17) is 4.74 Å². The van der Waals surface area contributed by atoms with Crippen molar-refractivity contribution >= 4 is 5.91 Å². The third-order valence-electron chi connectivity index (χ3n) is 3.83. The van der Waals surface area contributed by atoms with Gasteiger partial charge in [0.05, 0.1) is 6.07 Å². The van der Waals surface area contributed by atoms with Crippen molar-refractivity contribution in [2.75, 3.05) is 26.3 Å². The molecule has 110 valence electrons. The Balaban J connectivity index is 2.08. The highest BCUT2D eigenvalue weighted by Gasteiger charge is 2.44. The van der Waals surface area contributed by atoms with E-state index in [1.807, 2.05) is 6.07 Å². The monoisotopic (exact) mass is 288 g/mol. The van der Waals surface area contributed by atoms with Crippen molar-refractivity contribution in [3.63, 3.8) is 0 Å². The normalized spacial score (nSPS) is 22.9. The lowest BCUT2D eigenvalue weighted by molar-refractivity contribution is -0.144. The van der Waals surface area contributed by atoms with Gasteiger partial charge in [0.1, 0.15) is 5.41 Å². The standard InChI is InChI=1S/C13H15F3N2O2/c14-13(15,16)10-1-5-18(6-2-10)11(19)12(9-17)3-7-20-8-4-12/h1H,2-8H2. The van der Waals surface area contributed by atoms with Crippen molar-refractivity contribution in [1.82, 2.24) is 4.90 Å². The van der Waals surface area contributed by atoms with E-state index in [0.29, 0.717) is 26.1 Å². The molecule has 4 nitrogen and oxygen atoms in total. The van der Waals surface area contributed by atoms with Crippen LogP contribution in [0, 0.1) is 16.7 Å². The van der Waals surface area contributed by atoms with Gasteiger partial charge in [-0.25, -0.2) is 0 Å². The lowest BCUT2D eigenvalue weighted by Crippen LogP contribution is -2.48. The maximum Gasteiger partial charge on any atom is 0.412 e. The van der Waals surface area contributed by atoms with E-state index >= 15 is 0 Å². The quantitative estimate of drug-likeness (QED) is 0.694. The Morgan fingerprint density at radius 3 is 2.50 bits per heavy atom. The Labute approximate surface area is 114 Å². The lowest BCUT2D eigenvalue weighted by Gasteiger charge is -2.36. The van der Waals surface area contributed by atoms with E-state index in [-0.39, 0.29) is 25.4 Å².